The van der Waals surface area contributed by atoms with Crippen molar-refractivity contribution in [1.82, 2.24) is 9.88 Å². The lowest BCUT2D eigenvalue weighted by molar-refractivity contribution is 0.187. The van der Waals surface area contributed by atoms with Gasteiger partial charge in [-0.3, -0.25) is 4.90 Å². The molecule has 2 heterocycles. The van der Waals surface area contributed by atoms with Crippen LogP contribution in [0.5, 0.6) is 0 Å². The summed E-state index contributed by atoms with van der Waals surface area (Å²) in [7, 11) is 0. The van der Waals surface area contributed by atoms with E-state index in [1.54, 1.807) is 6.20 Å². The van der Waals surface area contributed by atoms with Crippen molar-refractivity contribution in [3.63, 3.8) is 0 Å². The van der Waals surface area contributed by atoms with Gasteiger partial charge < -0.3 is 4.90 Å². The summed E-state index contributed by atoms with van der Waals surface area (Å²) in [5.41, 5.74) is 0. The van der Waals surface area contributed by atoms with Gasteiger partial charge in [0.25, 0.3) is 0 Å². The molecule has 3 nitrogen and oxygen atoms in total. The molecule has 1 aliphatic heterocycles. The molecule has 3 rings (SSSR count). The SMILES string of the molecule is Clc1cnc(N2CCN(C3CCCC3)CC2)c(Br)c1. The highest BCUT2D eigenvalue weighted by molar-refractivity contribution is 9.10. The first kappa shape index (κ1) is 13.7. The molecule has 1 saturated heterocycles. The molecule has 0 radical (unpaired) electrons. The van der Waals surface area contributed by atoms with E-state index >= 15 is 0 Å². The Kier molecular flexibility index (Phi) is 4.30. The van der Waals surface area contributed by atoms with Crippen LogP contribution >= 0.6 is 27.5 Å². The fourth-order valence-corrected chi connectivity index (χ4v) is 4.10. The van der Waals surface area contributed by atoms with Crippen molar-refractivity contribution in [1.29, 1.82) is 0 Å². The van der Waals surface area contributed by atoms with Gasteiger partial charge in [-0.2, -0.15) is 0 Å². The van der Waals surface area contributed by atoms with Gasteiger partial charge in [-0.15, -0.1) is 0 Å². The zero-order chi connectivity index (χ0) is 13.2. The summed E-state index contributed by atoms with van der Waals surface area (Å²) in [6.07, 6.45) is 7.33. The van der Waals surface area contributed by atoms with Gasteiger partial charge in [0, 0.05) is 38.4 Å². The smallest absolute Gasteiger partial charge is 0.143 e. The Hall–Kier alpha value is -0.320. The molecule has 0 bridgehead atoms. The van der Waals surface area contributed by atoms with Crippen molar-refractivity contribution < 1.29 is 0 Å². The lowest BCUT2D eigenvalue weighted by Gasteiger charge is -2.38. The van der Waals surface area contributed by atoms with Gasteiger partial charge in [0.1, 0.15) is 5.82 Å². The van der Waals surface area contributed by atoms with Gasteiger partial charge in [0.2, 0.25) is 0 Å². The number of piperazine rings is 1. The third-order valence-corrected chi connectivity index (χ3v) is 5.03. The number of aromatic nitrogens is 1. The lowest BCUT2D eigenvalue weighted by Crippen LogP contribution is -2.50. The maximum atomic E-state index is 5.95. The van der Waals surface area contributed by atoms with Gasteiger partial charge in [-0.1, -0.05) is 24.4 Å². The van der Waals surface area contributed by atoms with Crippen LogP contribution in [-0.4, -0.2) is 42.1 Å². The average molecular weight is 345 g/mol. The molecule has 1 aromatic rings. The topological polar surface area (TPSA) is 19.4 Å². The minimum Gasteiger partial charge on any atom is -0.353 e. The Bertz CT molecular complexity index is 440. The second-order valence-electron chi connectivity index (χ2n) is 5.42. The van der Waals surface area contributed by atoms with E-state index in [0.29, 0.717) is 5.02 Å². The van der Waals surface area contributed by atoms with Crippen LogP contribution in [0.2, 0.25) is 5.02 Å². The number of hydrogen-bond acceptors (Lipinski definition) is 3. The number of pyridine rings is 1. The van der Waals surface area contributed by atoms with Crippen molar-refractivity contribution >= 4 is 33.3 Å². The van der Waals surface area contributed by atoms with E-state index in [1.165, 1.54) is 25.7 Å². The second kappa shape index (κ2) is 5.98. The fraction of sp³-hybridized carbons (Fsp3) is 0.643. The minimum atomic E-state index is 0.681. The molecule has 104 valence electrons. The standard InChI is InChI=1S/C14H19BrClN3/c15-13-9-11(16)10-17-14(13)19-7-5-18(6-8-19)12-3-1-2-4-12/h9-10,12H,1-8H2. The van der Waals surface area contributed by atoms with Crippen LogP contribution in [-0.2, 0) is 0 Å². The van der Waals surface area contributed by atoms with Crippen molar-refractivity contribution in [2.45, 2.75) is 31.7 Å². The molecule has 0 spiro atoms. The average Bonchev–Trinajstić information content (AvgIpc) is 2.93. The summed E-state index contributed by atoms with van der Waals surface area (Å²) in [5.74, 6) is 1.02. The van der Waals surface area contributed by atoms with Crippen LogP contribution in [0.1, 0.15) is 25.7 Å². The minimum absolute atomic E-state index is 0.681. The molecule has 1 saturated carbocycles. The van der Waals surface area contributed by atoms with Crippen LogP contribution in [0.15, 0.2) is 16.7 Å². The highest BCUT2D eigenvalue weighted by Crippen LogP contribution is 2.29. The largest absolute Gasteiger partial charge is 0.353 e. The monoisotopic (exact) mass is 343 g/mol. The Morgan fingerprint density at radius 3 is 2.47 bits per heavy atom. The Morgan fingerprint density at radius 1 is 1.16 bits per heavy atom. The van der Waals surface area contributed by atoms with Gasteiger partial charge in [-0.25, -0.2) is 4.98 Å². The summed E-state index contributed by atoms with van der Waals surface area (Å²) in [6, 6.07) is 2.76. The molecular formula is C14H19BrClN3. The van der Waals surface area contributed by atoms with Gasteiger partial charge >= 0.3 is 0 Å². The molecule has 0 atom stereocenters. The first-order valence-electron chi connectivity index (χ1n) is 7.04. The number of anilines is 1. The highest BCUT2D eigenvalue weighted by Gasteiger charge is 2.27. The molecular weight excluding hydrogens is 326 g/mol. The molecule has 0 amide bonds. The van der Waals surface area contributed by atoms with Crippen molar-refractivity contribution in [3.05, 3.63) is 21.8 Å². The van der Waals surface area contributed by atoms with Gasteiger partial charge in [0.05, 0.1) is 9.50 Å². The molecule has 0 aromatic carbocycles. The van der Waals surface area contributed by atoms with E-state index in [2.05, 4.69) is 30.7 Å². The normalized spacial score (nSPS) is 22.1. The first-order chi connectivity index (χ1) is 9.24. The van der Waals surface area contributed by atoms with Crippen LogP contribution in [0.3, 0.4) is 0 Å². The molecule has 0 unspecified atom stereocenters. The predicted molar refractivity (Wildman–Crippen MR) is 83.0 cm³/mol. The van der Waals surface area contributed by atoms with Crippen LogP contribution in [0.25, 0.3) is 0 Å². The summed E-state index contributed by atoms with van der Waals surface area (Å²) in [4.78, 5) is 9.47. The van der Waals surface area contributed by atoms with Gasteiger partial charge in [-0.05, 0) is 34.8 Å². The van der Waals surface area contributed by atoms with E-state index in [4.69, 9.17) is 11.6 Å². The van der Waals surface area contributed by atoms with Crippen molar-refractivity contribution in [2.75, 3.05) is 31.1 Å². The zero-order valence-corrected chi connectivity index (χ0v) is 13.3. The molecule has 1 aliphatic carbocycles. The molecule has 2 fully saturated rings. The van der Waals surface area contributed by atoms with Crippen molar-refractivity contribution in [2.24, 2.45) is 0 Å². The number of nitrogens with zero attached hydrogens (tertiary/aromatic N) is 3. The molecule has 2 aliphatic rings. The Labute approximate surface area is 128 Å². The maximum absolute atomic E-state index is 5.95. The molecule has 19 heavy (non-hydrogen) atoms. The molecule has 0 N–H and O–H groups in total. The maximum Gasteiger partial charge on any atom is 0.143 e. The Balaban J connectivity index is 1.63. The van der Waals surface area contributed by atoms with E-state index < -0.39 is 0 Å². The van der Waals surface area contributed by atoms with E-state index in [0.717, 1.165) is 42.5 Å². The number of rotatable bonds is 2. The predicted octanol–water partition coefficient (Wildman–Crippen LogP) is 3.56. The molecule has 5 heteroatoms. The molecule has 1 aromatic heterocycles. The van der Waals surface area contributed by atoms with Crippen LogP contribution in [0.4, 0.5) is 5.82 Å². The van der Waals surface area contributed by atoms with E-state index in [9.17, 15) is 0 Å². The van der Waals surface area contributed by atoms with E-state index in [1.807, 2.05) is 6.07 Å². The number of halogens is 2. The number of hydrogen-bond donors (Lipinski definition) is 0. The fourth-order valence-electron chi connectivity index (χ4n) is 3.21. The highest BCUT2D eigenvalue weighted by atomic mass is 79.9. The summed E-state index contributed by atoms with van der Waals surface area (Å²) in [6.45, 7) is 4.43. The lowest BCUT2D eigenvalue weighted by atomic mass is 10.2. The summed E-state index contributed by atoms with van der Waals surface area (Å²) in [5, 5.41) is 0.681. The first-order valence-corrected chi connectivity index (χ1v) is 8.21. The van der Waals surface area contributed by atoms with Gasteiger partial charge in [0.15, 0.2) is 0 Å². The van der Waals surface area contributed by atoms with Crippen LogP contribution < -0.4 is 4.90 Å². The van der Waals surface area contributed by atoms with E-state index in [-0.39, 0.29) is 0 Å². The van der Waals surface area contributed by atoms with Crippen molar-refractivity contribution in [3.8, 4) is 0 Å². The summed E-state index contributed by atoms with van der Waals surface area (Å²) < 4.78 is 0.995. The van der Waals surface area contributed by atoms with Crippen LogP contribution in [0, 0.1) is 0 Å². The third kappa shape index (κ3) is 3.06. The second-order valence-corrected chi connectivity index (χ2v) is 6.71. The Morgan fingerprint density at radius 2 is 1.84 bits per heavy atom. The zero-order valence-electron chi connectivity index (χ0n) is 11.0. The summed E-state index contributed by atoms with van der Waals surface area (Å²) >= 11 is 9.51. The third-order valence-electron chi connectivity index (χ3n) is 4.24. The quantitative estimate of drug-likeness (QED) is 0.818.